The molecule has 0 aromatic heterocycles. The van der Waals surface area contributed by atoms with Crippen molar-refractivity contribution < 1.29 is 33.4 Å². The summed E-state index contributed by atoms with van der Waals surface area (Å²) in [6.45, 7) is 11.5. The molecular formula is C41H53N5O7. The zero-order chi connectivity index (χ0) is 38.5. The van der Waals surface area contributed by atoms with Gasteiger partial charge >= 0.3 is 12.0 Å². The van der Waals surface area contributed by atoms with Gasteiger partial charge in [0.2, 0.25) is 11.8 Å². The maximum Gasteiger partial charge on any atom is 0.329 e. The van der Waals surface area contributed by atoms with Gasteiger partial charge in [0.25, 0.3) is 0 Å². The third-order valence-electron chi connectivity index (χ3n) is 8.47. The fourth-order valence-electron chi connectivity index (χ4n) is 6.12. The molecule has 4 amide bonds. The quantitative estimate of drug-likeness (QED) is 0.0719. The average Bonchev–Trinajstić information content (AvgIpc) is 3.11. The van der Waals surface area contributed by atoms with E-state index in [2.05, 4.69) is 16.1 Å². The zero-order valence-corrected chi connectivity index (χ0v) is 31.8. The molecule has 53 heavy (non-hydrogen) atoms. The molecule has 4 rings (SSSR count). The topological polar surface area (TPSA) is 139 Å². The van der Waals surface area contributed by atoms with E-state index in [-0.39, 0.29) is 19.6 Å². The van der Waals surface area contributed by atoms with E-state index in [0.29, 0.717) is 13.2 Å². The molecule has 0 aliphatic rings. The molecule has 0 aliphatic carbocycles. The number of esters is 1. The van der Waals surface area contributed by atoms with Crippen molar-refractivity contribution >= 4 is 45.4 Å². The maximum absolute atomic E-state index is 14.7. The van der Waals surface area contributed by atoms with Crippen molar-refractivity contribution in [3.63, 3.8) is 0 Å². The Labute approximate surface area is 312 Å². The van der Waals surface area contributed by atoms with Crippen LogP contribution in [0.1, 0.15) is 59.1 Å². The molecule has 12 nitrogen and oxygen atoms in total. The van der Waals surface area contributed by atoms with Crippen LogP contribution in [0.4, 0.5) is 4.79 Å². The van der Waals surface area contributed by atoms with Crippen molar-refractivity contribution in [3.8, 4) is 0 Å². The smallest absolute Gasteiger partial charge is 0.329 e. The van der Waals surface area contributed by atoms with Crippen molar-refractivity contribution in [3.05, 3.63) is 96.1 Å². The summed E-state index contributed by atoms with van der Waals surface area (Å²) in [5.74, 6) is -1.76. The van der Waals surface area contributed by atoms with Crippen LogP contribution in [-0.4, -0.2) is 84.5 Å². The van der Waals surface area contributed by atoms with Crippen LogP contribution in [0, 0.1) is 0 Å². The molecule has 4 aromatic rings. The first-order chi connectivity index (χ1) is 25.3. The zero-order valence-electron chi connectivity index (χ0n) is 31.8. The van der Waals surface area contributed by atoms with Gasteiger partial charge in [-0.1, -0.05) is 84.9 Å². The van der Waals surface area contributed by atoms with Crippen LogP contribution in [-0.2, 0) is 41.7 Å². The first-order valence-corrected chi connectivity index (χ1v) is 18.0. The molecule has 2 atom stereocenters. The molecule has 0 unspecified atom stereocenters. The van der Waals surface area contributed by atoms with Gasteiger partial charge in [-0.3, -0.25) is 19.8 Å². The lowest BCUT2D eigenvalue weighted by atomic mass is 10.0. The Bertz CT molecular complexity index is 1840. The lowest BCUT2D eigenvalue weighted by molar-refractivity contribution is -0.180. The number of hydrogen-bond acceptors (Lipinski definition) is 8. The van der Waals surface area contributed by atoms with E-state index >= 15 is 0 Å². The van der Waals surface area contributed by atoms with E-state index in [9.17, 15) is 19.2 Å². The summed E-state index contributed by atoms with van der Waals surface area (Å²) in [6, 6.07) is 25.1. The number of carbonyl (C=O) groups is 4. The number of likely N-dealkylation sites (N-methyl/N-ethyl adjacent to an activating group) is 1. The van der Waals surface area contributed by atoms with Crippen LogP contribution in [0.2, 0.25) is 0 Å². The Kier molecular flexibility index (Phi) is 14.7. The second-order valence-electron chi connectivity index (χ2n) is 13.8. The normalized spacial score (nSPS) is 12.8. The number of ether oxygens (including phenoxy) is 3. The third-order valence-corrected chi connectivity index (χ3v) is 8.47. The maximum atomic E-state index is 14.7. The van der Waals surface area contributed by atoms with E-state index in [0.717, 1.165) is 32.7 Å². The SMILES string of the molecule is CCOC(OCC)[C@H](C)N(Cc1cccc2ccccc12)C(=O)[C@H](CC(=O)OC(C)(C)C)NC(=O)CN(C)NC(=O)NCc1cccc2ccccc12. The van der Waals surface area contributed by atoms with Gasteiger partial charge < -0.3 is 29.7 Å². The van der Waals surface area contributed by atoms with Gasteiger partial charge in [0.1, 0.15) is 11.6 Å². The minimum absolute atomic E-state index is 0.150. The van der Waals surface area contributed by atoms with E-state index in [1.54, 1.807) is 25.7 Å². The van der Waals surface area contributed by atoms with E-state index in [1.807, 2.05) is 106 Å². The summed E-state index contributed by atoms with van der Waals surface area (Å²) < 4.78 is 17.4. The highest BCUT2D eigenvalue weighted by Crippen LogP contribution is 2.24. The summed E-state index contributed by atoms with van der Waals surface area (Å²) in [6.07, 6.45) is -1.19. The number of nitrogens with one attached hydrogen (secondary N) is 3. The van der Waals surface area contributed by atoms with Gasteiger partial charge in [0, 0.05) is 33.4 Å². The van der Waals surface area contributed by atoms with Crippen molar-refractivity contribution in [2.75, 3.05) is 26.8 Å². The molecule has 3 N–H and O–H groups in total. The largest absolute Gasteiger partial charge is 0.460 e. The molecule has 0 radical (unpaired) electrons. The summed E-state index contributed by atoms with van der Waals surface area (Å²) in [7, 11) is 1.53. The summed E-state index contributed by atoms with van der Waals surface area (Å²) in [5.41, 5.74) is 3.64. The first kappa shape index (κ1) is 40.7. The fourth-order valence-corrected chi connectivity index (χ4v) is 6.12. The molecule has 0 heterocycles. The molecule has 0 saturated carbocycles. The van der Waals surface area contributed by atoms with Gasteiger partial charge in [-0.25, -0.2) is 9.80 Å². The first-order valence-electron chi connectivity index (χ1n) is 18.0. The number of carbonyl (C=O) groups excluding carboxylic acids is 4. The lowest BCUT2D eigenvalue weighted by Gasteiger charge is -2.37. The van der Waals surface area contributed by atoms with Gasteiger partial charge in [0.15, 0.2) is 6.29 Å². The van der Waals surface area contributed by atoms with Crippen molar-refractivity contribution in [1.29, 1.82) is 0 Å². The highest BCUT2D eigenvalue weighted by Gasteiger charge is 2.36. The van der Waals surface area contributed by atoms with Crippen LogP contribution in [0.25, 0.3) is 21.5 Å². The molecule has 284 valence electrons. The van der Waals surface area contributed by atoms with Crippen molar-refractivity contribution in [2.45, 2.75) is 85.0 Å². The Balaban J connectivity index is 1.53. The molecule has 0 spiro atoms. The predicted molar refractivity (Wildman–Crippen MR) is 205 cm³/mol. The molecule has 12 heteroatoms. The van der Waals surface area contributed by atoms with Crippen LogP contribution >= 0.6 is 0 Å². The van der Waals surface area contributed by atoms with Gasteiger partial charge in [-0.15, -0.1) is 0 Å². The van der Waals surface area contributed by atoms with Crippen LogP contribution in [0.5, 0.6) is 0 Å². The number of rotatable bonds is 17. The third kappa shape index (κ3) is 12.0. The number of hydrogen-bond donors (Lipinski definition) is 3. The van der Waals surface area contributed by atoms with E-state index in [4.69, 9.17) is 14.2 Å². The van der Waals surface area contributed by atoms with Crippen LogP contribution < -0.4 is 16.1 Å². The number of urea groups is 1. The molecule has 0 aliphatic heterocycles. The Morgan fingerprint density at radius 2 is 1.32 bits per heavy atom. The Morgan fingerprint density at radius 3 is 1.91 bits per heavy atom. The van der Waals surface area contributed by atoms with Gasteiger partial charge in [0.05, 0.1) is 19.0 Å². The number of amides is 4. The number of benzene rings is 4. The molecule has 4 aromatic carbocycles. The molecular weight excluding hydrogens is 674 g/mol. The molecule has 0 fully saturated rings. The van der Waals surface area contributed by atoms with Crippen molar-refractivity contribution in [2.24, 2.45) is 0 Å². The standard InChI is InChI=1S/C41H53N5O7/c1-8-51-39(52-9-2)28(3)46(26-32-21-15-19-30-17-11-13-23-34(30)32)38(49)35(24-37(48)53-41(4,5)6)43-36(47)27-45(7)44-40(50)42-25-31-20-14-18-29-16-10-12-22-33(29)31/h10-23,28,35,39H,8-9,24-27H2,1-7H3,(H,43,47)(H2,42,44,50)/t28-,35-/m0/s1. The average molecular weight is 728 g/mol. The number of nitrogens with zero attached hydrogens (tertiary/aromatic N) is 2. The Hall–Kier alpha value is -5.04. The summed E-state index contributed by atoms with van der Waals surface area (Å²) in [4.78, 5) is 55.7. The Morgan fingerprint density at radius 1 is 0.774 bits per heavy atom. The molecule has 0 bridgehead atoms. The predicted octanol–water partition coefficient (Wildman–Crippen LogP) is 5.67. The fraction of sp³-hybridized carbons (Fsp3) is 0.415. The number of fused-ring (bicyclic) bond motifs is 2. The molecule has 0 saturated heterocycles. The van der Waals surface area contributed by atoms with Crippen molar-refractivity contribution in [1.82, 2.24) is 26.0 Å². The highest BCUT2D eigenvalue weighted by atomic mass is 16.7. The second kappa shape index (κ2) is 19.2. The monoisotopic (exact) mass is 727 g/mol. The second-order valence-corrected chi connectivity index (χ2v) is 13.8. The van der Waals surface area contributed by atoms with Gasteiger partial charge in [-0.05, 0) is 74.2 Å². The van der Waals surface area contributed by atoms with E-state index in [1.165, 1.54) is 12.1 Å². The summed E-state index contributed by atoms with van der Waals surface area (Å²) >= 11 is 0. The van der Waals surface area contributed by atoms with E-state index < -0.39 is 54.2 Å². The van der Waals surface area contributed by atoms with Gasteiger partial charge in [-0.2, -0.15) is 0 Å². The highest BCUT2D eigenvalue weighted by molar-refractivity contribution is 5.92. The minimum Gasteiger partial charge on any atom is -0.460 e. The van der Waals surface area contributed by atoms with Crippen LogP contribution in [0.15, 0.2) is 84.9 Å². The number of hydrazine groups is 1. The summed E-state index contributed by atoms with van der Waals surface area (Å²) in [5, 5.41) is 10.9. The lowest BCUT2D eigenvalue weighted by Crippen LogP contribution is -2.56. The minimum atomic E-state index is -1.30. The van der Waals surface area contributed by atoms with Crippen LogP contribution in [0.3, 0.4) is 0 Å².